The first-order valence-electron chi connectivity index (χ1n) is 9.79. The van der Waals surface area contributed by atoms with Crippen molar-refractivity contribution >= 4 is 22.6 Å². The number of carboxylic acid groups (broad SMARTS) is 1. The van der Waals surface area contributed by atoms with E-state index in [4.69, 9.17) is 9.84 Å². The number of amides is 1. The van der Waals surface area contributed by atoms with Crippen LogP contribution < -0.4 is 5.32 Å². The van der Waals surface area contributed by atoms with E-state index >= 15 is 0 Å². The molecule has 1 amide bonds. The predicted octanol–water partition coefficient (Wildman–Crippen LogP) is 1.53. The lowest BCUT2D eigenvalue weighted by molar-refractivity contribution is -0.138. The number of pyridine rings is 1. The van der Waals surface area contributed by atoms with Gasteiger partial charge in [-0.15, -0.1) is 0 Å². The average molecular weight is 381 g/mol. The first kappa shape index (κ1) is 17.6. The highest BCUT2D eigenvalue weighted by atomic mass is 16.5. The summed E-state index contributed by atoms with van der Waals surface area (Å²) >= 11 is 0. The van der Waals surface area contributed by atoms with E-state index in [9.17, 15) is 9.59 Å². The second kappa shape index (κ2) is 6.53. The van der Waals surface area contributed by atoms with E-state index in [-0.39, 0.29) is 36.0 Å². The SMILES string of the molecule is O=C(O)CN1C[C@@H]2[C@H](CNC(=O)c3cc4ccccc4cn3)[C@H]3CC[C@]2(C1)O3. The van der Waals surface area contributed by atoms with Crippen LogP contribution in [0.4, 0.5) is 0 Å². The van der Waals surface area contributed by atoms with Crippen LogP contribution in [0.25, 0.3) is 10.8 Å². The van der Waals surface area contributed by atoms with E-state index < -0.39 is 5.97 Å². The zero-order valence-electron chi connectivity index (χ0n) is 15.5. The zero-order chi connectivity index (χ0) is 19.3. The van der Waals surface area contributed by atoms with E-state index in [0.29, 0.717) is 18.8 Å². The molecule has 4 atom stereocenters. The maximum atomic E-state index is 12.6. The van der Waals surface area contributed by atoms with Gasteiger partial charge in [-0.25, -0.2) is 0 Å². The number of rotatable bonds is 5. The van der Waals surface area contributed by atoms with Gasteiger partial charge in [-0.1, -0.05) is 24.3 Å². The van der Waals surface area contributed by atoms with Crippen LogP contribution >= 0.6 is 0 Å². The number of aliphatic carboxylic acids is 1. The minimum Gasteiger partial charge on any atom is -0.480 e. The van der Waals surface area contributed by atoms with Gasteiger partial charge in [-0.05, 0) is 24.3 Å². The van der Waals surface area contributed by atoms with Crippen LogP contribution in [-0.4, -0.2) is 64.8 Å². The van der Waals surface area contributed by atoms with Crippen molar-refractivity contribution in [3.63, 3.8) is 0 Å². The van der Waals surface area contributed by atoms with Crippen molar-refractivity contribution in [3.05, 3.63) is 42.2 Å². The fraction of sp³-hybridized carbons (Fsp3) is 0.476. The first-order valence-corrected chi connectivity index (χ1v) is 9.79. The molecule has 1 spiro atoms. The van der Waals surface area contributed by atoms with Crippen molar-refractivity contribution in [3.8, 4) is 0 Å². The highest BCUT2D eigenvalue weighted by Gasteiger charge is 2.62. The van der Waals surface area contributed by atoms with Crippen LogP contribution in [0.5, 0.6) is 0 Å². The molecule has 0 unspecified atom stereocenters. The second-order valence-electron chi connectivity index (χ2n) is 8.22. The number of likely N-dealkylation sites (tertiary alicyclic amines) is 1. The number of hydrogen-bond acceptors (Lipinski definition) is 5. The maximum Gasteiger partial charge on any atom is 0.317 e. The maximum absolute atomic E-state index is 12.6. The summed E-state index contributed by atoms with van der Waals surface area (Å²) in [5, 5.41) is 14.1. The molecule has 3 aliphatic rings. The summed E-state index contributed by atoms with van der Waals surface area (Å²) in [5.41, 5.74) is 0.188. The standard InChI is InChI=1S/C21H23N3O4/c25-19(26)11-24-10-16-15(18-5-6-21(16,12-24)28-18)9-23-20(27)17-7-13-3-1-2-4-14(13)8-22-17/h1-4,7-8,15-16,18H,5-6,9-12H2,(H,23,27)(H,25,26)/t15-,16+,18+,21+/m0/s1. The minimum absolute atomic E-state index is 0.0480. The Kier molecular flexibility index (Phi) is 4.10. The number of aromatic nitrogens is 1. The molecule has 2 aromatic rings. The van der Waals surface area contributed by atoms with Crippen LogP contribution in [0.2, 0.25) is 0 Å². The molecule has 0 saturated carbocycles. The lowest BCUT2D eigenvalue weighted by atomic mass is 9.73. The molecule has 2 bridgehead atoms. The molecule has 3 saturated heterocycles. The molecular formula is C21H23N3O4. The van der Waals surface area contributed by atoms with Gasteiger partial charge in [0.25, 0.3) is 5.91 Å². The Bertz CT molecular complexity index is 948. The second-order valence-corrected chi connectivity index (χ2v) is 8.22. The van der Waals surface area contributed by atoms with Gasteiger partial charge in [0.15, 0.2) is 0 Å². The number of nitrogens with zero attached hydrogens (tertiary/aromatic N) is 2. The summed E-state index contributed by atoms with van der Waals surface area (Å²) in [4.78, 5) is 30.0. The Balaban J connectivity index is 1.27. The van der Waals surface area contributed by atoms with Gasteiger partial charge in [0.1, 0.15) is 5.69 Å². The lowest BCUT2D eigenvalue weighted by Gasteiger charge is -2.29. The fourth-order valence-corrected chi connectivity index (χ4v) is 5.38. The van der Waals surface area contributed by atoms with E-state index in [1.807, 2.05) is 35.2 Å². The smallest absolute Gasteiger partial charge is 0.317 e. The van der Waals surface area contributed by atoms with Gasteiger partial charge < -0.3 is 15.2 Å². The predicted molar refractivity (Wildman–Crippen MR) is 102 cm³/mol. The Labute approximate surface area is 162 Å². The van der Waals surface area contributed by atoms with Crippen molar-refractivity contribution in [1.29, 1.82) is 0 Å². The van der Waals surface area contributed by atoms with Crippen LogP contribution in [0, 0.1) is 11.8 Å². The number of carboxylic acids is 1. The molecule has 4 heterocycles. The van der Waals surface area contributed by atoms with Crippen LogP contribution in [0.1, 0.15) is 23.3 Å². The Morgan fingerprint density at radius 3 is 2.96 bits per heavy atom. The number of nitrogens with one attached hydrogen (secondary N) is 1. The van der Waals surface area contributed by atoms with Crippen LogP contribution in [0.15, 0.2) is 36.5 Å². The molecule has 1 aromatic carbocycles. The third kappa shape index (κ3) is 2.86. The quantitative estimate of drug-likeness (QED) is 0.816. The van der Waals surface area contributed by atoms with Crippen molar-refractivity contribution in [1.82, 2.24) is 15.2 Å². The van der Waals surface area contributed by atoms with Crippen molar-refractivity contribution in [2.24, 2.45) is 11.8 Å². The molecular weight excluding hydrogens is 358 g/mol. The van der Waals surface area contributed by atoms with Crippen LogP contribution in [-0.2, 0) is 9.53 Å². The van der Waals surface area contributed by atoms with E-state index in [2.05, 4.69) is 10.3 Å². The molecule has 3 fully saturated rings. The first-order chi connectivity index (χ1) is 13.5. The lowest BCUT2D eigenvalue weighted by Crippen LogP contribution is -2.42. The molecule has 7 heteroatoms. The van der Waals surface area contributed by atoms with Crippen molar-refractivity contribution in [2.45, 2.75) is 24.5 Å². The van der Waals surface area contributed by atoms with E-state index in [1.165, 1.54) is 0 Å². The van der Waals surface area contributed by atoms with Gasteiger partial charge in [0, 0.05) is 43.1 Å². The highest BCUT2D eigenvalue weighted by molar-refractivity contribution is 5.96. The van der Waals surface area contributed by atoms with Gasteiger partial charge in [0.2, 0.25) is 0 Å². The van der Waals surface area contributed by atoms with E-state index in [0.717, 1.165) is 30.2 Å². The highest BCUT2D eigenvalue weighted by Crippen LogP contribution is 2.54. The van der Waals surface area contributed by atoms with Gasteiger partial charge in [-0.3, -0.25) is 19.5 Å². The monoisotopic (exact) mass is 381 g/mol. The Hall–Kier alpha value is -2.51. The summed E-state index contributed by atoms with van der Waals surface area (Å²) in [6, 6.07) is 9.65. The number of benzene rings is 1. The molecule has 28 heavy (non-hydrogen) atoms. The Morgan fingerprint density at radius 2 is 2.14 bits per heavy atom. The number of carbonyl (C=O) groups is 2. The topological polar surface area (TPSA) is 91.8 Å². The number of fused-ring (bicyclic) bond motifs is 2. The molecule has 1 aromatic heterocycles. The summed E-state index contributed by atoms with van der Waals surface area (Å²) in [6.07, 6.45) is 3.84. The van der Waals surface area contributed by atoms with Gasteiger partial charge in [0.05, 0.1) is 18.2 Å². The summed E-state index contributed by atoms with van der Waals surface area (Å²) in [7, 11) is 0. The summed E-state index contributed by atoms with van der Waals surface area (Å²) in [5.74, 6) is -0.492. The molecule has 7 nitrogen and oxygen atoms in total. The fourth-order valence-electron chi connectivity index (χ4n) is 5.38. The van der Waals surface area contributed by atoms with Crippen molar-refractivity contribution in [2.75, 3.05) is 26.2 Å². The third-order valence-corrected chi connectivity index (χ3v) is 6.58. The zero-order valence-corrected chi connectivity index (χ0v) is 15.5. The number of ether oxygens (including phenoxy) is 1. The van der Waals surface area contributed by atoms with Crippen molar-refractivity contribution < 1.29 is 19.4 Å². The largest absolute Gasteiger partial charge is 0.480 e. The summed E-state index contributed by atoms with van der Waals surface area (Å²) < 4.78 is 6.30. The molecule has 0 radical (unpaired) electrons. The molecule has 0 aliphatic carbocycles. The third-order valence-electron chi connectivity index (χ3n) is 6.58. The molecule has 2 N–H and O–H groups in total. The van der Waals surface area contributed by atoms with Gasteiger partial charge >= 0.3 is 5.97 Å². The number of carbonyl (C=O) groups excluding carboxylic acids is 1. The minimum atomic E-state index is -0.807. The summed E-state index contributed by atoms with van der Waals surface area (Å²) in [6.45, 7) is 1.98. The molecule has 146 valence electrons. The number of hydrogen-bond donors (Lipinski definition) is 2. The van der Waals surface area contributed by atoms with E-state index in [1.54, 1.807) is 6.20 Å². The Morgan fingerprint density at radius 1 is 1.32 bits per heavy atom. The van der Waals surface area contributed by atoms with Gasteiger partial charge in [-0.2, -0.15) is 0 Å². The average Bonchev–Trinajstić information content (AvgIpc) is 3.33. The molecule has 3 aliphatic heterocycles. The normalized spacial score (nSPS) is 31.2. The molecule has 5 rings (SSSR count). The van der Waals surface area contributed by atoms with Crippen LogP contribution in [0.3, 0.4) is 0 Å².